The van der Waals surface area contributed by atoms with Gasteiger partial charge in [-0.05, 0) is 0 Å². The van der Waals surface area contributed by atoms with Gasteiger partial charge in [0.05, 0.1) is 6.42 Å². The van der Waals surface area contributed by atoms with Crippen LogP contribution in [0.2, 0.25) is 0 Å². The Hall–Kier alpha value is -1.27. The summed E-state index contributed by atoms with van der Waals surface area (Å²) in [4.78, 5) is 22.4. The number of carbonyl (C=O) groups excluding carboxylic acids is 2. The Labute approximate surface area is 214 Å². The summed E-state index contributed by atoms with van der Waals surface area (Å²) in [7, 11) is -6.80. The van der Waals surface area contributed by atoms with Gasteiger partial charge in [0, 0.05) is 0 Å². The van der Waals surface area contributed by atoms with Gasteiger partial charge in [0.15, 0.2) is 5.25 Å². The topological polar surface area (TPSA) is 110 Å². The third kappa shape index (κ3) is 7.44. The first kappa shape index (κ1) is 37.9. The van der Waals surface area contributed by atoms with Crippen molar-refractivity contribution in [1.29, 1.82) is 0 Å². The number of esters is 2. The summed E-state index contributed by atoms with van der Waals surface area (Å²) in [5, 5.41) is -4.35. The van der Waals surface area contributed by atoms with Crippen molar-refractivity contribution in [2.24, 2.45) is 0 Å². The first-order valence-electron chi connectivity index (χ1n) is 7.73. The van der Waals surface area contributed by atoms with Crippen molar-refractivity contribution >= 4 is 22.1 Å². The molecule has 0 radical (unpaired) electrons. The maximum Gasteiger partial charge on any atom is 1.00 e. The average molecular weight is 620 g/mol. The summed E-state index contributed by atoms with van der Waals surface area (Å²) >= 11 is 0. The molecule has 0 aliphatic heterocycles. The van der Waals surface area contributed by atoms with Crippen LogP contribution in [0.1, 0.15) is 6.42 Å². The zero-order valence-corrected chi connectivity index (χ0v) is 19.6. The second kappa shape index (κ2) is 11.5. The van der Waals surface area contributed by atoms with E-state index in [2.05, 4.69) is 9.47 Å². The van der Waals surface area contributed by atoms with E-state index in [1.807, 2.05) is 0 Å². The number of hydrogen-bond donors (Lipinski definition) is 0. The molecular formula is C12H5F16NaO7S. The zero-order chi connectivity index (χ0) is 29.5. The summed E-state index contributed by atoms with van der Waals surface area (Å²) in [6.45, 7) is 0. The van der Waals surface area contributed by atoms with E-state index in [-0.39, 0.29) is 29.6 Å². The SMILES string of the molecule is O=C(CC(C(=O)OC(F)(F)C(F)(F)C(F)(F)C(F)F)S(=O)(=O)[O-])OC(F)(F)C(F)(F)C(F)(F)C(F)F.[Na+]. The molecule has 7 nitrogen and oxygen atoms in total. The van der Waals surface area contributed by atoms with Crippen molar-refractivity contribution in [3.05, 3.63) is 0 Å². The minimum absolute atomic E-state index is 0. The average Bonchev–Trinajstić information content (AvgIpc) is 2.63. The molecule has 0 saturated carbocycles. The monoisotopic (exact) mass is 620 g/mol. The number of ether oxygens (including phenoxy) is 2. The fourth-order valence-electron chi connectivity index (χ4n) is 1.62. The van der Waals surface area contributed by atoms with E-state index in [0.717, 1.165) is 0 Å². The second-order valence-corrected chi connectivity index (χ2v) is 7.67. The fraction of sp³-hybridized carbons (Fsp3) is 0.833. The molecule has 214 valence electrons. The van der Waals surface area contributed by atoms with Crippen LogP contribution in [0.5, 0.6) is 0 Å². The maximum atomic E-state index is 13.2. The summed E-state index contributed by atoms with van der Waals surface area (Å²) in [5.74, 6) is -35.9. The molecular weight excluding hydrogens is 615 g/mol. The van der Waals surface area contributed by atoms with Gasteiger partial charge in [-0.3, -0.25) is 9.59 Å². The Morgan fingerprint density at radius 2 is 0.973 bits per heavy atom. The molecule has 0 spiro atoms. The van der Waals surface area contributed by atoms with Crippen LogP contribution in [0.4, 0.5) is 70.2 Å². The Balaban J connectivity index is 0. The predicted molar refractivity (Wildman–Crippen MR) is 72.0 cm³/mol. The van der Waals surface area contributed by atoms with Gasteiger partial charge in [0.2, 0.25) is 0 Å². The van der Waals surface area contributed by atoms with Crippen LogP contribution in [0.15, 0.2) is 0 Å². The van der Waals surface area contributed by atoms with Crippen LogP contribution < -0.4 is 29.6 Å². The molecule has 0 aromatic heterocycles. The van der Waals surface area contributed by atoms with Crippen LogP contribution in [-0.4, -0.2) is 78.9 Å². The number of alkyl halides is 16. The fourth-order valence-corrected chi connectivity index (χ4v) is 2.25. The third-order valence-corrected chi connectivity index (χ3v) is 4.61. The minimum Gasteiger partial charge on any atom is -0.747 e. The summed E-state index contributed by atoms with van der Waals surface area (Å²) in [6.07, 6.45) is -28.4. The van der Waals surface area contributed by atoms with Crippen LogP contribution in [0.3, 0.4) is 0 Å². The third-order valence-electron chi connectivity index (χ3n) is 3.55. The first-order valence-corrected chi connectivity index (χ1v) is 9.20. The van der Waals surface area contributed by atoms with Gasteiger partial charge < -0.3 is 14.0 Å². The van der Waals surface area contributed by atoms with E-state index >= 15 is 0 Å². The van der Waals surface area contributed by atoms with Gasteiger partial charge in [-0.25, -0.2) is 26.0 Å². The van der Waals surface area contributed by atoms with Crippen molar-refractivity contribution in [3.8, 4) is 0 Å². The molecule has 0 aliphatic rings. The summed E-state index contributed by atoms with van der Waals surface area (Å²) in [5.41, 5.74) is 0. The molecule has 0 bridgehead atoms. The molecule has 0 heterocycles. The Morgan fingerprint density at radius 3 is 1.24 bits per heavy atom. The smallest absolute Gasteiger partial charge is 0.747 e. The van der Waals surface area contributed by atoms with Crippen LogP contribution >= 0.6 is 0 Å². The zero-order valence-electron chi connectivity index (χ0n) is 16.8. The molecule has 0 aromatic carbocycles. The van der Waals surface area contributed by atoms with Crippen molar-refractivity contribution in [2.45, 2.75) is 60.4 Å². The molecule has 1 unspecified atom stereocenters. The van der Waals surface area contributed by atoms with Crippen LogP contribution in [-0.2, 0) is 29.2 Å². The number of hydrogen-bond acceptors (Lipinski definition) is 7. The van der Waals surface area contributed by atoms with Gasteiger partial charge in [0.1, 0.15) is 10.1 Å². The molecule has 0 rings (SSSR count). The van der Waals surface area contributed by atoms with Gasteiger partial charge in [-0.1, -0.05) is 0 Å². The number of halogens is 16. The van der Waals surface area contributed by atoms with Crippen molar-refractivity contribution in [1.82, 2.24) is 0 Å². The van der Waals surface area contributed by atoms with Crippen molar-refractivity contribution < 1.29 is 132 Å². The predicted octanol–water partition coefficient (Wildman–Crippen LogP) is 0.638. The first-order chi connectivity index (χ1) is 15.5. The standard InChI is InChI=1S/C12H6F16O7S.Na/c13-5(14)7(17,18)9(21,22)11(25,26)34-3(29)1-2(36(31,32)33)4(30)35-12(27,28)10(23,24)8(19,20)6(15)16;/h2,5-6H,1H2,(H,31,32,33);/q;+1/p-1. The van der Waals surface area contributed by atoms with Gasteiger partial charge >= 0.3 is 90.3 Å². The van der Waals surface area contributed by atoms with E-state index in [0.29, 0.717) is 0 Å². The van der Waals surface area contributed by atoms with Crippen LogP contribution in [0.25, 0.3) is 0 Å². The number of carbonyl (C=O) groups is 2. The largest absolute Gasteiger partial charge is 1.00 e. The quantitative estimate of drug-likeness (QED) is 0.136. The Morgan fingerprint density at radius 1 is 0.676 bits per heavy atom. The number of rotatable bonds is 12. The van der Waals surface area contributed by atoms with E-state index in [1.165, 1.54) is 0 Å². The molecule has 0 aromatic rings. The summed E-state index contributed by atoms with van der Waals surface area (Å²) in [6, 6.07) is 0. The van der Waals surface area contributed by atoms with Crippen molar-refractivity contribution in [2.75, 3.05) is 0 Å². The molecule has 37 heavy (non-hydrogen) atoms. The maximum absolute atomic E-state index is 13.2. The van der Waals surface area contributed by atoms with Crippen molar-refractivity contribution in [3.63, 3.8) is 0 Å². The molecule has 25 heteroatoms. The van der Waals surface area contributed by atoms with Gasteiger partial charge in [0.25, 0.3) is 0 Å². The molecule has 0 amide bonds. The van der Waals surface area contributed by atoms with E-state index < -0.39 is 82.5 Å². The molecule has 0 N–H and O–H groups in total. The van der Waals surface area contributed by atoms with Gasteiger partial charge in [-0.15, -0.1) is 0 Å². The second-order valence-electron chi connectivity index (χ2n) is 6.11. The molecule has 0 aliphatic carbocycles. The Bertz CT molecular complexity index is 938. The van der Waals surface area contributed by atoms with E-state index in [9.17, 15) is 92.8 Å². The van der Waals surface area contributed by atoms with E-state index in [4.69, 9.17) is 0 Å². The van der Waals surface area contributed by atoms with E-state index in [1.54, 1.807) is 0 Å². The van der Waals surface area contributed by atoms with Gasteiger partial charge in [-0.2, -0.15) is 52.7 Å². The molecule has 1 atom stereocenters. The summed E-state index contributed by atoms with van der Waals surface area (Å²) < 4.78 is 240. The molecule has 0 fully saturated rings. The molecule has 0 saturated heterocycles. The Kier molecular flexibility index (Phi) is 11.7. The van der Waals surface area contributed by atoms with Crippen LogP contribution in [0, 0.1) is 0 Å². The minimum atomic E-state index is -7.39. The normalized spacial score (nSPS) is 15.3.